The van der Waals surface area contributed by atoms with Gasteiger partial charge in [0.1, 0.15) is 0 Å². The van der Waals surface area contributed by atoms with Crippen molar-refractivity contribution in [2.75, 3.05) is 19.9 Å². The predicted molar refractivity (Wildman–Crippen MR) is 128 cm³/mol. The first-order valence-corrected chi connectivity index (χ1v) is 13.1. The van der Waals surface area contributed by atoms with Gasteiger partial charge < -0.3 is 19.4 Å². The third-order valence-electron chi connectivity index (χ3n) is 6.63. The molecule has 0 saturated carbocycles. The van der Waals surface area contributed by atoms with Gasteiger partial charge in [-0.1, -0.05) is 13.0 Å². The van der Waals surface area contributed by atoms with E-state index < -0.39 is 10.0 Å². The summed E-state index contributed by atoms with van der Waals surface area (Å²) >= 11 is 0. The topological polar surface area (TPSA) is 89.9 Å². The molecule has 0 bridgehead atoms. The first-order chi connectivity index (χ1) is 16.4. The quantitative estimate of drug-likeness (QED) is 0.556. The Kier molecular flexibility index (Phi) is 6.22. The Bertz CT molecular complexity index is 1310. The van der Waals surface area contributed by atoms with Crippen LogP contribution >= 0.6 is 0 Å². The van der Waals surface area contributed by atoms with E-state index >= 15 is 0 Å². The van der Waals surface area contributed by atoms with Crippen LogP contribution in [0.2, 0.25) is 0 Å². The van der Waals surface area contributed by atoms with E-state index in [1.54, 1.807) is 16.4 Å². The second kappa shape index (κ2) is 9.31. The molecule has 0 radical (unpaired) electrons. The molecule has 5 rings (SSSR count). The zero-order valence-corrected chi connectivity index (χ0v) is 20.0. The minimum absolute atomic E-state index is 0.0574. The van der Waals surface area contributed by atoms with E-state index in [1.165, 1.54) is 0 Å². The van der Waals surface area contributed by atoms with Crippen molar-refractivity contribution in [3.63, 3.8) is 0 Å². The summed E-state index contributed by atoms with van der Waals surface area (Å²) in [6.45, 7) is 4.45. The number of fused-ring (bicyclic) bond motifs is 2. The van der Waals surface area contributed by atoms with Crippen molar-refractivity contribution in [3.05, 3.63) is 54.2 Å². The van der Waals surface area contributed by atoms with Gasteiger partial charge in [0.15, 0.2) is 11.5 Å². The first kappa shape index (κ1) is 22.7. The Labute approximate surface area is 199 Å². The van der Waals surface area contributed by atoms with Crippen molar-refractivity contribution >= 4 is 26.8 Å². The fourth-order valence-corrected chi connectivity index (χ4v) is 5.98. The lowest BCUT2D eigenvalue weighted by atomic mass is 10.0. The number of ether oxygens (including phenoxy) is 2. The lowest BCUT2D eigenvalue weighted by Crippen LogP contribution is -2.37. The number of carbonyl (C=O) groups excluding carboxylic acids is 1. The molecule has 3 heterocycles. The Morgan fingerprint density at radius 1 is 1.06 bits per heavy atom. The molecule has 0 spiro atoms. The van der Waals surface area contributed by atoms with Gasteiger partial charge in [-0.05, 0) is 60.7 Å². The first-order valence-electron chi connectivity index (χ1n) is 11.6. The number of aryl methyl sites for hydroxylation is 1. The van der Waals surface area contributed by atoms with Gasteiger partial charge in [-0.3, -0.25) is 4.79 Å². The van der Waals surface area contributed by atoms with E-state index in [2.05, 4.69) is 12.2 Å². The van der Waals surface area contributed by atoms with Gasteiger partial charge in [0.25, 0.3) is 0 Å². The van der Waals surface area contributed by atoms with Crippen LogP contribution < -0.4 is 14.8 Å². The summed E-state index contributed by atoms with van der Waals surface area (Å²) in [5.41, 5.74) is 1.86. The van der Waals surface area contributed by atoms with E-state index in [0.29, 0.717) is 49.2 Å². The molecule has 2 aliphatic rings. The molecule has 1 amide bonds. The fourth-order valence-electron chi connectivity index (χ4n) is 4.47. The summed E-state index contributed by atoms with van der Waals surface area (Å²) in [6, 6.07) is 12.8. The number of hydrogen-bond acceptors (Lipinski definition) is 5. The highest BCUT2D eigenvalue weighted by Crippen LogP contribution is 2.32. The van der Waals surface area contributed by atoms with Gasteiger partial charge in [-0.15, -0.1) is 0 Å². The van der Waals surface area contributed by atoms with E-state index in [0.717, 1.165) is 35.1 Å². The number of aromatic nitrogens is 1. The van der Waals surface area contributed by atoms with Crippen LogP contribution in [0.3, 0.4) is 0 Å². The van der Waals surface area contributed by atoms with Crippen molar-refractivity contribution in [2.45, 2.75) is 44.2 Å². The standard InChI is InChI=1S/C25H29N3O5S/c1-18-6-12-28(13-7-18)34(30,31)21-3-4-22-20(15-21)8-10-27(22)11-9-25(29)26-16-19-2-5-23-24(14-19)33-17-32-23/h2-5,8,10,14-15,18H,6-7,9,11-13,16-17H2,1H3,(H,26,29). The molecule has 1 saturated heterocycles. The van der Waals surface area contributed by atoms with Crippen LogP contribution in [-0.4, -0.2) is 43.1 Å². The monoisotopic (exact) mass is 483 g/mol. The average Bonchev–Trinajstić information content (AvgIpc) is 3.47. The second-order valence-corrected chi connectivity index (χ2v) is 11.0. The van der Waals surface area contributed by atoms with Gasteiger partial charge >= 0.3 is 0 Å². The smallest absolute Gasteiger partial charge is 0.243 e. The maximum absolute atomic E-state index is 13.1. The third kappa shape index (κ3) is 4.63. The van der Waals surface area contributed by atoms with E-state index in [1.807, 2.05) is 41.1 Å². The molecule has 0 atom stereocenters. The molecule has 180 valence electrons. The second-order valence-electron chi connectivity index (χ2n) is 9.03. The number of sulfonamides is 1. The Morgan fingerprint density at radius 2 is 1.85 bits per heavy atom. The molecule has 34 heavy (non-hydrogen) atoms. The molecular formula is C25H29N3O5S. The molecule has 3 aromatic rings. The van der Waals surface area contributed by atoms with Gasteiger partial charge in [-0.2, -0.15) is 4.31 Å². The Morgan fingerprint density at radius 3 is 2.68 bits per heavy atom. The van der Waals surface area contributed by atoms with Crippen LogP contribution in [0.15, 0.2) is 53.6 Å². The van der Waals surface area contributed by atoms with E-state index in [-0.39, 0.29) is 12.7 Å². The van der Waals surface area contributed by atoms with Gasteiger partial charge in [-0.25, -0.2) is 8.42 Å². The molecule has 2 aliphatic heterocycles. The fraction of sp³-hybridized carbons (Fsp3) is 0.400. The Hall–Kier alpha value is -3.04. The minimum atomic E-state index is -3.49. The number of benzene rings is 2. The maximum Gasteiger partial charge on any atom is 0.243 e. The van der Waals surface area contributed by atoms with Crippen molar-refractivity contribution < 1.29 is 22.7 Å². The van der Waals surface area contributed by atoms with Gasteiger partial charge in [0.2, 0.25) is 22.7 Å². The van der Waals surface area contributed by atoms with Crippen molar-refractivity contribution in [2.24, 2.45) is 5.92 Å². The zero-order valence-electron chi connectivity index (χ0n) is 19.2. The van der Waals surface area contributed by atoms with Crippen LogP contribution in [0.5, 0.6) is 11.5 Å². The van der Waals surface area contributed by atoms with Crippen molar-refractivity contribution in [3.8, 4) is 11.5 Å². The largest absolute Gasteiger partial charge is 0.454 e. The molecule has 9 heteroatoms. The third-order valence-corrected chi connectivity index (χ3v) is 8.52. The molecule has 2 aromatic carbocycles. The highest BCUT2D eigenvalue weighted by molar-refractivity contribution is 7.89. The summed E-state index contributed by atoms with van der Waals surface area (Å²) < 4.78 is 40.4. The van der Waals surface area contributed by atoms with E-state index in [9.17, 15) is 13.2 Å². The van der Waals surface area contributed by atoms with Crippen LogP contribution in [0.1, 0.15) is 31.7 Å². The van der Waals surface area contributed by atoms with E-state index in [4.69, 9.17) is 9.47 Å². The molecule has 1 fully saturated rings. The number of carbonyl (C=O) groups is 1. The number of nitrogens with zero attached hydrogens (tertiary/aromatic N) is 2. The predicted octanol–water partition coefficient (Wildman–Crippen LogP) is 3.50. The lowest BCUT2D eigenvalue weighted by molar-refractivity contribution is -0.121. The van der Waals surface area contributed by atoms with Crippen LogP contribution in [0.25, 0.3) is 10.9 Å². The van der Waals surface area contributed by atoms with Gasteiger partial charge in [0, 0.05) is 49.7 Å². The molecule has 8 nitrogen and oxygen atoms in total. The molecule has 0 aliphatic carbocycles. The summed E-state index contributed by atoms with van der Waals surface area (Å²) in [5.74, 6) is 1.92. The molecular weight excluding hydrogens is 454 g/mol. The maximum atomic E-state index is 13.1. The van der Waals surface area contributed by atoms with Gasteiger partial charge in [0.05, 0.1) is 4.90 Å². The summed E-state index contributed by atoms with van der Waals surface area (Å²) in [5, 5.41) is 3.79. The number of amides is 1. The Balaban J connectivity index is 1.20. The molecule has 0 unspecified atom stereocenters. The normalized spacial score (nSPS) is 16.7. The van der Waals surface area contributed by atoms with Crippen LogP contribution in [0, 0.1) is 5.92 Å². The minimum Gasteiger partial charge on any atom is -0.454 e. The highest BCUT2D eigenvalue weighted by Gasteiger charge is 2.28. The number of nitrogens with one attached hydrogen (secondary N) is 1. The van der Waals surface area contributed by atoms with Crippen molar-refractivity contribution in [1.82, 2.24) is 14.2 Å². The zero-order chi connectivity index (χ0) is 23.7. The SMILES string of the molecule is CC1CCN(S(=O)(=O)c2ccc3c(ccn3CCC(=O)NCc3ccc4c(c3)OCO4)c2)CC1. The summed E-state index contributed by atoms with van der Waals surface area (Å²) in [4.78, 5) is 12.7. The van der Waals surface area contributed by atoms with Crippen LogP contribution in [-0.2, 0) is 27.9 Å². The van der Waals surface area contributed by atoms with Crippen LogP contribution in [0.4, 0.5) is 0 Å². The average molecular weight is 484 g/mol. The van der Waals surface area contributed by atoms with Crippen molar-refractivity contribution in [1.29, 1.82) is 0 Å². The molecule has 1 aromatic heterocycles. The number of hydrogen-bond donors (Lipinski definition) is 1. The number of rotatable bonds is 7. The molecule has 1 N–H and O–H groups in total. The number of piperidine rings is 1. The highest BCUT2D eigenvalue weighted by atomic mass is 32.2. The summed E-state index contributed by atoms with van der Waals surface area (Å²) in [6.07, 6.45) is 4.01. The lowest BCUT2D eigenvalue weighted by Gasteiger charge is -2.29. The summed E-state index contributed by atoms with van der Waals surface area (Å²) in [7, 11) is -3.49.